The minimum atomic E-state index is 1.07. The molecule has 0 nitrogen and oxygen atoms in total. The Labute approximate surface area is 102 Å². The van der Waals surface area contributed by atoms with Crippen LogP contribution in [0.15, 0.2) is 12.2 Å². The van der Waals surface area contributed by atoms with Gasteiger partial charge in [-0.3, -0.25) is 0 Å². The molecule has 0 amide bonds. The Balaban J connectivity index is 2.24. The van der Waals surface area contributed by atoms with E-state index in [-0.39, 0.29) is 0 Å². The van der Waals surface area contributed by atoms with Crippen molar-refractivity contribution in [3.63, 3.8) is 0 Å². The highest BCUT2D eigenvalue weighted by molar-refractivity contribution is 5.25. The van der Waals surface area contributed by atoms with Crippen LogP contribution in [-0.4, -0.2) is 0 Å². The van der Waals surface area contributed by atoms with E-state index in [2.05, 4.69) is 18.4 Å². The summed E-state index contributed by atoms with van der Waals surface area (Å²) < 4.78 is 0. The van der Waals surface area contributed by atoms with E-state index in [1.165, 1.54) is 64.2 Å². The summed E-state index contributed by atoms with van der Waals surface area (Å²) in [6.07, 6.45) is 16.0. The molecule has 0 N–H and O–H groups in total. The van der Waals surface area contributed by atoms with E-state index in [1.54, 1.807) is 0 Å². The van der Waals surface area contributed by atoms with Gasteiger partial charge in [-0.2, -0.15) is 0 Å². The van der Waals surface area contributed by atoms with Crippen LogP contribution in [0.5, 0.6) is 0 Å². The van der Waals surface area contributed by atoms with Crippen molar-refractivity contribution in [2.75, 3.05) is 0 Å². The van der Waals surface area contributed by atoms with Crippen molar-refractivity contribution in [1.82, 2.24) is 0 Å². The fourth-order valence-corrected chi connectivity index (χ4v) is 2.22. The Hall–Kier alpha value is -0.700. The molecule has 0 spiro atoms. The van der Waals surface area contributed by atoms with Crippen LogP contribution < -0.4 is 0 Å². The lowest BCUT2D eigenvalue weighted by atomic mass is 10.0. The lowest BCUT2D eigenvalue weighted by molar-refractivity contribution is 0.554. The van der Waals surface area contributed by atoms with Crippen LogP contribution in [0.4, 0.5) is 0 Å². The molecule has 0 aliphatic heterocycles. The van der Waals surface area contributed by atoms with E-state index in [4.69, 9.17) is 0 Å². The Kier molecular flexibility index (Phi) is 7.95. The highest BCUT2D eigenvalue weighted by atomic mass is 14.0. The molecule has 0 aromatic carbocycles. The van der Waals surface area contributed by atoms with E-state index >= 15 is 0 Å². The maximum absolute atomic E-state index is 4.03. The van der Waals surface area contributed by atoms with Gasteiger partial charge in [0.05, 0.1) is 0 Å². The van der Waals surface area contributed by atoms with E-state index in [0.29, 0.717) is 0 Å². The number of hydrogen-bond acceptors (Lipinski definition) is 0. The molecule has 90 valence electrons. The van der Waals surface area contributed by atoms with Gasteiger partial charge in [0, 0.05) is 6.42 Å². The molecular weight excluding hydrogens is 192 g/mol. The standard InChI is InChI=1S/C16H26/c1-16-14-12-10-8-6-4-2-3-5-7-9-11-13-15-16/h1-12,14H2. The van der Waals surface area contributed by atoms with Crippen LogP contribution >= 0.6 is 0 Å². The predicted octanol–water partition coefficient (Wildman–Crippen LogP) is 5.24. The third-order valence-corrected chi connectivity index (χ3v) is 3.30. The number of hydrogen-bond donors (Lipinski definition) is 0. The Morgan fingerprint density at radius 1 is 0.688 bits per heavy atom. The number of allylic oxidation sites excluding steroid dienone is 1. The summed E-state index contributed by atoms with van der Waals surface area (Å²) in [4.78, 5) is 0. The first-order valence-corrected chi connectivity index (χ1v) is 7.06. The van der Waals surface area contributed by atoms with Crippen molar-refractivity contribution in [1.29, 1.82) is 0 Å². The Morgan fingerprint density at radius 3 is 1.81 bits per heavy atom. The van der Waals surface area contributed by atoms with Crippen LogP contribution in [0.1, 0.15) is 77.0 Å². The third-order valence-electron chi connectivity index (χ3n) is 3.30. The molecule has 1 rings (SSSR count). The second-order valence-corrected chi connectivity index (χ2v) is 4.94. The van der Waals surface area contributed by atoms with Gasteiger partial charge in [-0.05, 0) is 24.8 Å². The average Bonchev–Trinajstić information content (AvgIpc) is 2.29. The summed E-state index contributed by atoms with van der Waals surface area (Å²) in [5, 5.41) is 0. The lowest BCUT2D eigenvalue weighted by Gasteiger charge is -2.01. The lowest BCUT2D eigenvalue weighted by Crippen LogP contribution is -1.82. The summed E-state index contributed by atoms with van der Waals surface area (Å²) in [6, 6.07) is 0. The molecule has 1 aliphatic rings. The summed E-state index contributed by atoms with van der Waals surface area (Å²) >= 11 is 0. The van der Waals surface area contributed by atoms with Crippen molar-refractivity contribution in [2.24, 2.45) is 0 Å². The van der Waals surface area contributed by atoms with Gasteiger partial charge in [0.15, 0.2) is 0 Å². The Morgan fingerprint density at radius 2 is 1.19 bits per heavy atom. The maximum atomic E-state index is 4.03. The topological polar surface area (TPSA) is 0 Å². The third kappa shape index (κ3) is 7.57. The quantitative estimate of drug-likeness (QED) is 0.488. The molecular formula is C16H26. The molecule has 0 bridgehead atoms. The summed E-state index contributed by atoms with van der Waals surface area (Å²) in [5.41, 5.74) is 1.15. The monoisotopic (exact) mass is 218 g/mol. The number of rotatable bonds is 0. The van der Waals surface area contributed by atoms with Crippen LogP contribution in [0, 0.1) is 11.8 Å². The van der Waals surface area contributed by atoms with E-state index < -0.39 is 0 Å². The molecule has 0 saturated carbocycles. The highest BCUT2D eigenvalue weighted by Gasteiger charge is 1.95. The van der Waals surface area contributed by atoms with E-state index in [0.717, 1.165) is 18.4 Å². The van der Waals surface area contributed by atoms with Crippen LogP contribution in [0.2, 0.25) is 0 Å². The van der Waals surface area contributed by atoms with Crippen molar-refractivity contribution in [3.8, 4) is 11.8 Å². The SMILES string of the molecule is C=C1C#CCCCCCCCCCCCC1. The van der Waals surface area contributed by atoms with Crippen LogP contribution in [0.3, 0.4) is 0 Å². The molecule has 0 aromatic heterocycles. The predicted molar refractivity (Wildman–Crippen MR) is 72.3 cm³/mol. The largest absolute Gasteiger partial charge is 0.0983 e. The smallest absolute Gasteiger partial charge is 0.00923 e. The first-order valence-electron chi connectivity index (χ1n) is 7.06. The first-order chi connectivity index (χ1) is 7.89. The molecule has 0 heteroatoms. The maximum Gasteiger partial charge on any atom is 0.00923 e. The van der Waals surface area contributed by atoms with Crippen molar-refractivity contribution in [3.05, 3.63) is 12.2 Å². The molecule has 16 heavy (non-hydrogen) atoms. The zero-order valence-corrected chi connectivity index (χ0v) is 10.7. The normalized spacial score (nSPS) is 21.4. The van der Waals surface area contributed by atoms with Gasteiger partial charge in [-0.1, -0.05) is 69.8 Å². The minimum absolute atomic E-state index is 1.07. The second kappa shape index (κ2) is 9.52. The minimum Gasteiger partial charge on any atom is -0.0983 e. The molecule has 0 aromatic rings. The van der Waals surface area contributed by atoms with E-state index in [1.807, 2.05) is 0 Å². The van der Waals surface area contributed by atoms with Gasteiger partial charge in [-0.25, -0.2) is 0 Å². The van der Waals surface area contributed by atoms with E-state index in [9.17, 15) is 0 Å². The van der Waals surface area contributed by atoms with Gasteiger partial charge >= 0.3 is 0 Å². The van der Waals surface area contributed by atoms with Gasteiger partial charge in [0.1, 0.15) is 0 Å². The second-order valence-electron chi connectivity index (χ2n) is 4.94. The summed E-state index contributed by atoms with van der Waals surface area (Å²) in [7, 11) is 0. The van der Waals surface area contributed by atoms with Gasteiger partial charge in [0.2, 0.25) is 0 Å². The first kappa shape index (κ1) is 13.4. The summed E-state index contributed by atoms with van der Waals surface area (Å²) in [6.45, 7) is 4.03. The zero-order chi connectivity index (χ0) is 11.5. The summed E-state index contributed by atoms with van der Waals surface area (Å²) in [5.74, 6) is 6.46. The molecule has 0 atom stereocenters. The zero-order valence-electron chi connectivity index (χ0n) is 10.7. The Bertz CT molecular complexity index is 238. The fraction of sp³-hybridized carbons (Fsp3) is 0.750. The van der Waals surface area contributed by atoms with Crippen LogP contribution in [0.25, 0.3) is 0 Å². The van der Waals surface area contributed by atoms with Crippen molar-refractivity contribution >= 4 is 0 Å². The molecule has 0 saturated heterocycles. The molecule has 0 heterocycles. The fourth-order valence-electron chi connectivity index (χ4n) is 2.22. The van der Waals surface area contributed by atoms with Crippen molar-refractivity contribution in [2.45, 2.75) is 77.0 Å². The molecule has 1 aliphatic carbocycles. The highest BCUT2D eigenvalue weighted by Crippen LogP contribution is 2.13. The molecule has 0 radical (unpaired) electrons. The van der Waals surface area contributed by atoms with Crippen LogP contribution in [-0.2, 0) is 0 Å². The van der Waals surface area contributed by atoms with Gasteiger partial charge in [0.25, 0.3) is 0 Å². The van der Waals surface area contributed by atoms with Gasteiger partial charge < -0.3 is 0 Å². The molecule has 0 fully saturated rings. The molecule has 0 unspecified atom stereocenters. The van der Waals surface area contributed by atoms with Crippen molar-refractivity contribution < 1.29 is 0 Å². The average molecular weight is 218 g/mol. The van der Waals surface area contributed by atoms with Gasteiger partial charge in [-0.15, -0.1) is 0 Å².